The summed E-state index contributed by atoms with van der Waals surface area (Å²) in [4.78, 5) is 26.1. The molecule has 0 atom stereocenters. The van der Waals surface area contributed by atoms with Crippen LogP contribution in [0.15, 0.2) is 54.6 Å². The zero-order chi connectivity index (χ0) is 16.2. The van der Waals surface area contributed by atoms with E-state index in [2.05, 4.69) is 0 Å². The van der Waals surface area contributed by atoms with Gasteiger partial charge in [0.25, 0.3) is 5.91 Å². The molecule has 2 aromatic carbocycles. The second kappa shape index (κ2) is 6.65. The Labute approximate surface area is 135 Å². The second-order valence-electron chi connectivity index (χ2n) is 5.78. The van der Waals surface area contributed by atoms with Crippen molar-refractivity contribution in [1.82, 2.24) is 0 Å². The number of ether oxygens (including phenoxy) is 1. The monoisotopic (exact) mass is 309 g/mol. The highest BCUT2D eigenvalue weighted by Gasteiger charge is 2.29. The summed E-state index contributed by atoms with van der Waals surface area (Å²) >= 11 is 0. The van der Waals surface area contributed by atoms with E-state index in [-0.39, 0.29) is 5.91 Å². The molecule has 2 aromatic rings. The topological polar surface area (TPSA) is 46.6 Å². The molecular formula is C19H19NO3. The first-order valence-electron chi connectivity index (χ1n) is 7.79. The van der Waals surface area contributed by atoms with Gasteiger partial charge in [-0.3, -0.25) is 9.59 Å². The van der Waals surface area contributed by atoms with Gasteiger partial charge in [0.1, 0.15) is 5.75 Å². The largest absolute Gasteiger partial charge is 0.426 e. The molecule has 1 aliphatic rings. The lowest BCUT2D eigenvalue weighted by molar-refractivity contribution is -0.131. The molecule has 1 fully saturated rings. The van der Waals surface area contributed by atoms with Crippen molar-refractivity contribution in [1.29, 1.82) is 0 Å². The van der Waals surface area contributed by atoms with E-state index in [1.165, 1.54) is 6.92 Å². The number of amides is 1. The number of rotatable bonds is 5. The molecule has 0 saturated heterocycles. The molecule has 0 N–H and O–H groups in total. The molecule has 0 spiro atoms. The van der Waals surface area contributed by atoms with Gasteiger partial charge < -0.3 is 9.64 Å². The van der Waals surface area contributed by atoms with E-state index in [4.69, 9.17) is 4.74 Å². The first-order chi connectivity index (χ1) is 11.1. The molecule has 0 bridgehead atoms. The van der Waals surface area contributed by atoms with Crippen LogP contribution in [0.25, 0.3) is 0 Å². The van der Waals surface area contributed by atoms with E-state index in [0.717, 1.165) is 18.5 Å². The second-order valence-corrected chi connectivity index (χ2v) is 5.78. The van der Waals surface area contributed by atoms with Gasteiger partial charge in [-0.05, 0) is 43.0 Å². The van der Waals surface area contributed by atoms with Crippen LogP contribution in [0, 0.1) is 5.92 Å². The minimum atomic E-state index is -0.432. The van der Waals surface area contributed by atoms with Crippen LogP contribution in [0.1, 0.15) is 30.1 Å². The number of carbonyl (C=O) groups is 2. The van der Waals surface area contributed by atoms with E-state index in [1.54, 1.807) is 29.2 Å². The fourth-order valence-corrected chi connectivity index (χ4v) is 2.50. The summed E-state index contributed by atoms with van der Waals surface area (Å²) in [6.45, 7) is 2.03. The van der Waals surface area contributed by atoms with Crippen LogP contribution in [0.5, 0.6) is 5.75 Å². The summed E-state index contributed by atoms with van der Waals surface area (Å²) in [5, 5.41) is 0. The van der Waals surface area contributed by atoms with Crippen molar-refractivity contribution in [3.63, 3.8) is 0 Å². The van der Waals surface area contributed by atoms with E-state index in [9.17, 15) is 9.59 Å². The van der Waals surface area contributed by atoms with Crippen LogP contribution >= 0.6 is 0 Å². The van der Waals surface area contributed by atoms with Crippen LogP contribution in [0.3, 0.4) is 0 Å². The molecule has 118 valence electrons. The zero-order valence-corrected chi connectivity index (χ0v) is 13.1. The molecule has 0 aliphatic heterocycles. The summed E-state index contributed by atoms with van der Waals surface area (Å²) in [5.41, 5.74) is 1.27. The van der Waals surface area contributed by atoms with E-state index >= 15 is 0 Å². The minimum Gasteiger partial charge on any atom is -0.426 e. The molecule has 1 amide bonds. The molecule has 1 aliphatic carbocycles. The van der Waals surface area contributed by atoms with Crippen LogP contribution in [-0.2, 0) is 4.79 Å². The number of hydrogen-bond acceptors (Lipinski definition) is 3. The Bertz CT molecular complexity index is 708. The Balaban J connectivity index is 1.93. The minimum absolute atomic E-state index is 0.139. The lowest BCUT2D eigenvalue weighted by Gasteiger charge is -2.23. The van der Waals surface area contributed by atoms with Gasteiger partial charge in [0.2, 0.25) is 0 Å². The standard InChI is InChI=1S/C19H19NO3/c1-14(21)23-18-10-6-5-9-17(18)19(22)20(13-15-11-12-15)16-7-3-2-4-8-16/h2-10,15H,11-13H2,1H3. The average molecular weight is 309 g/mol. The van der Waals surface area contributed by atoms with Crippen LogP contribution in [-0.4, -0.2) is 18.4 Å². The van der Waals surface area contributed by atoms with Gasteiger partial charge in [-0.1, -0.05) is 30.3 Å². The first kappa shape index (κ1) is 15.3. The zero-order valence-electron chi connectivity index (χ0n) is 13.1. The number of carbonyl (C=O) groups excluding carboxylic acids is 2. The summed E-state index contributed by atoms with van der Waals surface area (Å²) in [6.07, 6.45) is 2.31. The average Bonchev–Trinajstić information content (AvgIpc) is 3.37. The molecule has 4 nitrogen and oxygen atoms in total. The summed E-state index contributed by atoms with van der Waals surface area (Å²) in [6, 6.07) is 16.5. The summed E-state index contributed by atoms with van der Waals surface area (Å²) < 4.78 is 5.19. The van der Waals surface area contributed by atoms with Crippen molar-refractivity contribution < 1.29 is 14.3 Å². The highest BCUT2D eigenvalue weighted by atomic mass is 16.5. The third kappa shape index (κ3) is 3.77. The van der Waals surface area contributed by atoms with Gasteiger partial charge in [0.15, 0.2) is 0 Å². The third-order valence-corrected chi connectivity index (χ3v) is 3.82. The molecular weight excluding hydrogens is 290 g/mol. The number of esters is 1. The van der Waals surface area contributed by atoms with Crippen LogP contribution in [0.2, 0.25) is 0 Å². The number of benzene rings is 2. The van der Waals surface area contributed by atoms with Crippen molar-refractivity contribution >= 4 is 17.6 Å². The summed E-state index contributed by atoms with van der Waals surface area (Å²) in [7, 11) is 0. The molecule has 0 aromatic heterocycles. The molecule has 4 heteroatoms. The van der Waals surface area contributed by atoms with Gasteiger partial charge in [0.05, 0.1) is 5.56 Å². The number of nitrogens with zero attached hydrogens (tertiary/aromatic N) is 1. The molecule has 1 saturated carbocycles. The summed E-state index contributed by atoms with van der Waals surface area (Å²) in [5.74, 6) is 0.292. The van der Waals surface area contributed by atoms with Gasteiger partial charge in [-0.15, -0.1) is 0 Å². The fourth-order valence-electron chi connectivity index (χ4n) is 2.50. The predicted molar refractivity (Wildman–Crippen MR) is 88.6 cm³/mol. The van der Waals surface area contributed by atoms with Gasteiger partial charge in [0, 0.05) is 19.2 Å². The Morgan fingerprint density at radius 1 is 1.04 bits per heavy atom. The maximum absolute atomic E-state index is 13.0. The molecule has 0 unspecified atom stereocenters. The molecule has 0 radical (unpaired) electrons. The Morgan fingerprint density at radius 3 is 2.35 bits per heavy atom. The van der Waals surface area contributed by atoms with Crippen LogP contribution in [0.4, 0.5) is 5.69 Å². The highest BCUT2D eigenvalue weighted by Crippen LogP contribution is 2.33. The van der Waals surface area contributed by atoms with E-state index in [0.29, 0.717) is 23.8 Å². The number of anilines is 1. The molecule has 0 heterocycles. The highest BCUT2D eigenvalue weighted by molar-refractivity contribution is 6.08. The van der Waals surface area contributed by atoms with Crippen molar-refractivity contribution in [2.24, 2.45) is 5.92 Å². The first-order valence-corrected chi connectivity index (χ1v) is 7.79. The normalized spacial score (nSPS) is 13.4. The van der Waals surface area contributed by atoms with Gasteiger partial charge in [-0.2, -0.15) is 0 Å². The Kier molecular flexibility index (Phi) is 4.42. The quantitative estimate of drug-likeness (QED) is 0.625. The molecule has 23 heavy (non-hydrogen) atoms. The fraction of sp³-hybridized carbons (Fsp3) is 0.263. The van der Waals surface area contributed by atoms with Crippen molar-refractivity contribution in [2.75, 3.05) is 11.4 Å². The molecule has 3 rings (SSSR count). The SMILES string of the molecule is CC(=O)Oc1ccccc1C(=O)N(CC1CC1)c1ccccc1. The predicted octanol–water partition coefficient (Wildman–Crippen LogP) is 3.67. The van der Waals surface area contributed by atoms with E-state index < -0.39 is 5.97 Å². The maximum atomic E-state index is 13.0. The van der Waals surface area contributed by atoms with Crippen molar-refractivity contribution in [3.8, 4) is 5.75 Å². The Hall–Kier alpha value is -2.62. The smallest absolute Gasteiger partial charge is 0.308 e. The van der Waals surface area contributed by atoms with Crippen molar-refractivity contribution in [3.05, 3.63) is 60.2 Å². The van der Waals surface area contributed by atoms with Gasteiger partial charge >= 0.3 is 5.97 Å². The lowest BCUT2D eigenvalue weighted by Crippen LogP contribution is -2.33. The number of para-hydroxylation sites is 2. The Morgan fingerprint density at radius 2 is 1.70 bits per heavy atom. The lowest BCUT2D eigenvalue weighted by atomic mass is 10.1. The number of hydrogen-bond donors (Lipinski definition) is 0. The van der Waals surface area contributed by atoms with Crippen molar-refractivity contribution in [2.45, 2.75) is 19.8 Å². The maximum Gasteiger partial charge on any atom is 0.308 e. The third-order valence-electron chi connectivity index (χ3n) is 3.82. The van der Waals surface area contributed by atoms with Crippen LogP contribution < -0.4 is 9.64 Å². The van der Waals surface area contributed by atoms with E-state index in [1.807, 2.05) is 30.3 Å². The van der Waals surface area contributed by atoms with Gasteiger partial charge in [-0.25, -0.2) is 0 Å².